The average Bonchev–Trinajstić information content (AvgIpc) is 2.88. The molecule has 1 N–H and O–H groups in total. The molecule has 3 rings (SSSR count). The highest BCUT2D eigenvalue weighted by Gasteiger charge is 2.14. The van der Waals surface area contributed by atoms with Gasteiger partial charge in [-0.25, -0.2) is 4.79 Å². The van der Waals surface area contributed by atoms with Crippen LogP contribution in [0.5, 0.6) is 0 Å². The maximum Gasteiger partial charge on any atom is 0.333 e. The van der Waals surface area contributed by atoms with Crippen LogP contribution in [0.25, 0.3) is 22.3 Å². The number of aliphatic hydroxyl groups is 1. The van der Waals surface area contributed by atoms with Gasteiger partial charge >= 0.3 is 5.97 Å². The SMILES string of the molecule is C=C(C)C(=O)OCc1cc(CCO)ccc1-c1ccc(-c2ccc(CCCCC)cc2)cc1CC. The van der Waals surface area contributed by atoms with Crippen LogP contribution in [0, 0.1) is 0 Å². The molecule has 0 bridgehead atoms. The molecule has 0 saturated heterocycles. The molecule has 3 aromatic carbocycles. The smallest absolute Gasteiger partial charge is 0.333 e. The van der Waals surface area contributed by atoms with E-state index in [1.54, 1.807) is 6.92 Å². The van der Waals surface area contributed by atoms with Crippen LogP contribution in [-0.4, -0.2) is 17.7 Å². The van der Waals surface area contributed by atoms with Gasteiger partial charge in [0.05, 0.1) is 0 Å². The van der Waals surface area contributed by atoms with E-state index in [-0.39, 0.29) is 13.2 Å². The van der Waals surface area contributed by atoms with Gasteiger partial charge in [0.1, 0.15) is 6.61 Å². The molecule has 0 radical (unpaired) electrons. The summed E-state index contributed by atoms with van der Waals surface area (Å²) in [7, 11) is 0. The Labute approximate surface area is 210 Å². The van der Waals surface area contributed by atoms with Gasteiger partial charge in [-0.05, 0) is 77.1 Å². The highest BCUT2D eigenvalue weighted by atomic mass is 16.5. The number of unbranched alkanes of at least 4 members (excludes halogenated alkanes) is 2. The Morgan fingerprint density at radius 2 is 1.49 bits per heavy atom. The van der Waals surface area contributed by atoms with E-state index >= 15 is 0 Å². The molecule has 3 aromatic rings. The molecule has 0 atom stereocenters. The zero-order valence-electron chi connectivity index (χ0n) is 21.4. The quantitative estimate of drug-likeness (QED) is 0.170. The molecular formula is C32H38O3. The van der Waals surface area contributed by atoms with Crippen LogP contribution < -0.4 is 0 Å². The van der Waals surface area contributed by atoms with Crippen LogP contribution in [0.2, 0.25) is 0 Å². The first-order valence-electron chi connectivity index (χ1n) is 12.7. The van der Waals surface area contributed by atoms with Crippen molar-refractivity contribution in [1.82, 2.24) is 0 Å². The first-order valence-corrected chi connectivity index (χ1v) is 12.7. The number of hydrogen-bond acceptors (Lipinski definition) is 3. The van der Waals surface area contributed by atoms with Crippen LogP contribution in [0.1, 0.15) is 62.3 Å². The van der Waals surface area contributed by atoms with Crippen LogP contribution in [0.3, 0.4) is 0 Å². The molecule has 0 amide bonds. The van der Waals surface area contributed by atoms with Crippen LogP contribution in [0.15, 0.2) is 72.8 Å². The van der Waals surface area contributed by atoms with Crippen molar-refractivity contribution in [1.29, 1.82) is 0 Å². The largest absolute Gasteiger partial charge is 0.457 e. The molecule has 35 heavy (non-hydrogen) atoms. The van der Waals surface area contributed by atoms with Gasteiger partial charge in [0.15, 0.2) is 0 Å². The molecule has 184 valence electrons. The van der Waals surface area contributed by atoms with Crippen molar-refractivity contribution in [2.75, 3.05) is 6.61 Å². The lowest BCUT2D eigenvalue weighted by molar-refractivity contribution is -0.140. The number of carbonyl (C=O) groups excluding carboxylic acids is 1. The fourth-order valence-corrected chi connectivity index (χ4v) is 4.35. The molecule has 0 unspecified atom stereocenters. The Morgan fingerprint density at radius 1 is 0.829 bits per heavy atom. The number of benzene rings is 3. The van der Waals surface area contributed by atoms with E-state index in [1.165, 1.54) is 41.5 Å². The minimum absolute atomic E-state index is 0.0800. The Morgan fingerprint density at radius 3 is 2.14 bits per heavy atom. The highest BCUT2D eigenvalue weighted by Crippen LogP contribution is 2.33. The van der Waals surface area contributed by atoms with E-state index in [0.717, 1.165) is 35.1 Å². The minimum Gasteiger partial charge on any atom is -0.457 e. The van der Waals surface area contributed by atoms with Crippen molar-refractivity contribution in [3.8, 4) is 22.3 Å². The summed E-state index contributed by atoms with van der Waals surface area (Å²) in [6.45, 7) is 9.98. The normalized spacial score (nSPS) is 10.9. The zero-order chi connectivity index (χ0) is 25.2. The van der Waals surface area contributed by atoms with Crippen molar-refractivity contribution >= 4 is 5.97 Å². The summed E-state index contributed by atoms with van der Waals surface area (Å²) in [6, 6.07) is 21.7. The van der Waals surface area contributed by atoms with E-state index in [1.807, 2.05) is 12.1 Å². The average molecular weight is 471 g/mol. The molecule has 0 aromatic heterocycles. The molecule has 0 aliphatic carbocycles. The third kappa shape index (κ3) is 7.16. The van der Waals surface area contributed by atoms with Gasteiger partial charge in [-0.2, -0.15) is 0 Å². The Kier molecular flexibility index (Phi) is 9.86. The van der Waals surface area contributed by atoms with Gasteiger partial charge in [-0.3, -0.25) is 0 Å². The second-order valence-corrected chi connectivity index (χ2v) is 9.20. The van der Waals surface area contributed by atoms with E-state index in [2.05, 4.69) is 69.0 Å². The fraction of sp³-hybridized carbons (Fsp3) is 0.344. The third-order valence-corrected chi connectivity index (χ3v) is 6.41. The highest BCUT2D eigenvalue weighted by molar-refractivity contribution is 5.87. The number of hydrogen-bond donors (Lipinski definition) is 1. The molecule has 0 saturated carbocycles. The van der Waals surface area contributed by atoms with Gasteiger partial charge in [0.25, 0.3) is 0 Å². The Balaban J connectivity index is 1.91. The molecule has 0 aliphatic heterocycles. The van der Waals surface area contributed by atoms with Gasteiger partial charge in [-0.15, -0.1) is 0 Å². The first-order chi connectivity index (χ1) is 17.0. The van der Waals surface area contributed by atoms with Gasteiger partial charge in [0, 0.05) is 12.2 Å². The summed E-state index contributed by atoms with van der Waals surface area (Å²) in [4.78, 5) is 12.0. The minimum atomic E-state index is -0.396. The molecule has 3 heteroatoms. The van der Waals surface area contributed by atoms with Crippen LogP contribution >= 0.6 is 0 Å². The van der Waals surface area contributed by atoms with E-state index in [0.29, 0.717) is 12.0 Å². The lowest BCUT2D eigenvalue weighted by atomic mass is 9.90. The van der Waals surface area contributed by atoms with E-state index in [4.69, 9.17) is 4.74 Å². The summed E-state index contributed by atoms with van der Waals surface area (Å²) in [6.07, 6.45) is 6.35. The number of carbonyl (C=O) groups is 1. The fourth-order valence-electron chi connectivity index (χ4n) is 4.35. The number of esters is 1. The molecular weight excluding hydrogens is 432 g/mol. The zero-order valence-corrected chi connectivity index (χ0v) is 21.4. The second kappa shape index (κ2) is 13.1. The molecule has 0 aliphatic rings. The lowest BCUT2D eigenvalue weighted by Crippen LogP contribution is -2.07. The Hall–Kier alpha value is -3.17. The maximum absolute atomic E-state index is 12.0. The number of aryl methyl sites for hydroxylation is 2. The predicted octanol–water partition coefficient (Wildman–Crippen LogP) is 7.47. The standard InChI is InChI=1S/C32H38O3/c1-5-7-8-9-24-10-13-27(14-11-24)28-15-17-30(26(6-2)21-28)31-16-12-25(18-19-33)20-29(31)22-35-32(34)23(3)4/h10-17,20-21,33H,3,5-9,18-19,22H2,1-2,4H3. The Bertz CT molecular complexity index is 1140. The number of ether oxygens (including phenoxy) is 1. The van der Waals surface area contributed by atoms with Crippen molar-refractivity contribution < 1.29 is 14.6 Å². The van der Waals surface area contributed by atoms with E-state index < -0.39 is 5.97 Å². The van der Waals surface area contributed by atoms with Gasteiger partial charge in [0.2, 0.25) is 0 Å². The summed E-state index contributed by atoms with van der Waals surface area (Å²) in [5, 5.41) is 9.38. The van der Waals surface area contributed by atoms with Crippen molar-refractivity contribution in [3.63, 3.8) is 0 Å². The predicted molar refractivity (Wildman–Crippen MR) is 145 cm³/mol. The molecule has 0 fully saturated rings. The lowest BCUT2D eigenvalue weighted by Gasteiger charge is -2.17. The summed E-state index contributed by atoms with van der Waals surface area (Å²) in [5.41, 5.74) is 9.60. The molecule has 0 spiro atoms. The number of rotatable bonds is 12. The second-order valence-electron chi connectivity index (χ2n) is 9.20. The third-order valence-electron chi connectivity index (χ3n) is 6.41. The maximum atomic E-state index is 12.0. The van der Waals surface area contributed by atoms with Gasteiger partial charge < -0.3 is 9.84 Å². The summed E-state index contributed by atoms with van der Waals surface area (Å²) >= 11 is 0. The van der Waals surface area contributed by atoms with Gasteiger partial charge in [-0.1, -0.05) is 93.9 Å². The monoisotopic (exact) mass is 470 g/mol. The van der Waals surface area contributed by atoms with Crippen molar-refractivity contribution in [2.45, 2.75) is 65.9 Å². The van der Waals surface area contributed by atoms with E-state index in [9.17, 15) is 9.90 Å². The van der Waals surface area contributed by atoms with Crippen LogP contribution in [-0.2, 0) is 35.4 Å². The summed E-state index contributed by atoms with van der Waals surface area (Å²) in [5.74, 6) is -0.396. The number of aliphatic hydroxyl groups excluding tert-OH is 1. The van der Waals surface area contributed by atoms with Crippen molar-refractivity contribution in [2.24, 2.45) is 0 Å². The topological polar surface area (TPSA) is 46.5 Å². The molecule has 3 nitrogen and oxygen atoms in total. The van der Waals surface area contributed by atoms with Crippen molar-refractivity contribution in [3.05, 3.63) is 95.1 Å². The molecule has 0 heterocycles. The first kappa shape index (κ1) is 26.4. The summed E-state index contributed by atoms with van der Waals surface area (Å²) < 4.78 is 5.50. The van der Waals surface area contributed by atoms with Crippen LogP contribution in [0.4, 0.5) is 0 Å².